The van der Waals surface area contributed by atoms with Crippen molar-refractivity contribution in [2.75, 3.05) is 0 Å². The fourth-order valence-electron chi connectivity index (χ4n) is 2.77. The Morgan fingerprint density at radius 3 is 2.22 bits per heavy atom. The molecule has 0 saturated carbocycles. The molecule has 1 rings (SSSR count). The molecule has 1 aliphatic carbocycles. The Morgan fingerprint density at radius 2 is 1.78 bits per heavy atom. The second kappa shape index (κ2) is 6.08. The zero-order valence-electron chi connectivity index (χ0n) is 13.3. The first-order chi connectivity index (χ1) is 8.27. The van der Waals surface area contributed by atoms with Crippen molar-refractivity contribution < 1.29 is 0 Å². The van der Waals surface area contributed by atoms with Crippen LogP contribution in [0.3, 0.4) is 0 Å². The summed E-state index contributed by atoms with van der Waals surface area (Å²) in [6, 6.07) is 0. The lowest BCUT2D eigenvalue weighted by Gasteiger charge is -2.35. The van der Waals surface area contributed by atoms with Gasteiger partial charge in [-0.15, -0.1) is 0 Å². The summed E-state index contributed by atoms with van der Waals surface area (Å²) in [6.45, 7) is 14.1. The van der Waals surface area contributed by atoms with Crippen LogP contribution in [0.25, 0.3) is 0 Å². The number of rotatable bonds is 5. The molecule has 0 aromatic heterocycles. The molecule has 0 saturated heterocycles. The summed E-state index contributed by atoms with van der Waals surface area (Å²) in [6.07, 6.45) is 14.0. The van der Waals surface area contributed by atoms with Crippen molar-refractivity contribution in [2.24, 2.45) is 16.7 Å². The van der Waals surface area contributed by atoms with E-state index in [0.717, 1.165) is 5.92 Å². The third-order valence-electron chi connectivity index (χ3n) is 4.39. The van der Waals surface area contributed by atoms with Crippen LogP contribution in [0.15, 0.2) is 23.8 Å². The van der Waals surface area contributed by atoms with Gasteiger partial charge in [0.25, 0.3) is 0 Å². The van der Waals surface area contributed by atoms with Crippen LogP contribution in [0, 0.1) is 16.7 Å². The summed E-state index contributed by atoms with van der Waals surface area (Å²) in [4.78, 5) is 0. The van der Waals surface area contributed by atoms with E-state index in [1.807, 2.05) is 0 Å². The van der Waals surface area contributed by atoms with Crippen LogP contribution in [0.4, 0.5) is 0 Å². The summed E-state index contributed by atoms with van der Waals surface area (Å²) in [7, 11) is 0. The first-order valence-electron chi connectivity index (χ1n) is 7.66. The second-order valence-electron chi connectivity index (χ2n) is 7.56. The number of hydrogen-bond acceptors (Lipinski definition) is 0. The number of hydrogen-bond donors (Lipinski definition) is 0. The van der Waals surface area contributed by atoms with Crippen molar-refractivity contribution in [3.05, 3.63) is 23.8 Å². The van der Waals surface area contributed by atoms with Crippen molar-refractivity contribution in [1.29, 1.82) is 0 Å². The summed E-state index contributed by atoms with van der Waals surface area (Å²) in [5.41, 5.74) is 2.25. The summed E-state index contributed by atoms with van der Waals surface area (Å²) >= 11 is 0. The highest BCUT2D eigenvalue weighted by Gasteiger charge is 2.29. The van der Waals surface area contributed by atoms with Crippen molar-refractivity contribution >= 4 is 0 Å². The van der Waals surface area contributed by atoms with Gasteiger partial charge in [0.2, 0.25) is 0 Å². The first-order valence-corrected chi connectivity index (χ1v) is 7.66. The minimum Gasteiger partial charge on any atom is -0.0803 e. The molecule has 0 fully saturated rings. The van der Waals surface area contributed by atoms with Crippen molar-refractivity contribution in [3.63, 3.8) is 0 Å². The molecule has 0 nitrogen and oxygen atoms in total. The summed E-state index contributed by atoms with van der Waals surface area (Å²) in [5.74, 6) is 0.723. The minimum absolute atomic E-state index is 0.299. The van der Waals surface area contributed by atoms with Gasteiger partial charge < -0.3 is 0 Å². The van der Waals surface area contributed by atoms with Crippen LogP contribution in [0.2, 0.25) is 0 Å². The van der Waals surface area contributed by atoms with Crippen molar-refractivity contribution in [3.8, 4) is 0 Å². The Labute approximate surface area is 115 Å². The van der Waals surface area contributed by atoms with Crippen LogP contribution in [0.1, 0.15) is 73.6 Å². The van der Waals surface area contributed by atoms with Gasteiger partial charge in [-0.2, -0.15) is 0 Å². The lowest BCUT2D eigenvalue weighted by Crippen LogP contribution is -2.24. The Bertz CT molecular complexity index is 309. The van der Waals surface area contributed by atoms with E-state index in [0.29, 0.717) is 10.8 Å². The van der Waals surface area contributed by atoms with Gasteiger partial charge in [0, 0.05) is 0 Å². The lowest BCUT2D eigenvalue weighted by atomic mass is 9.70. The molecule has 1 atom stereocenters. The molecule has 0 spiro atoms. The largest absolute Gasteiger partial charge is 0.0803 e. The van der Waals surface area contributed by atoms with Crippen LogP contribution >= 0.6 is 0 Å². The topological polar surface area (TPSA) is 0 Å². The summed E-state index contributed by atoms with van der Waals surface area (Å²) in [5, 5.41) is 0. The van der Waals surface area contributed by atoms with E-state index in [1.165, 1.54) is 37.7 Å². The van der Waals surface area contributed by atoms with Crippen LogP contribution in [0.5, 0.6) is 0 Å². The van der Waals surface area contributed by atoms with Gasteiger partial charge >= 0.3 is 0 Å². The van der Waals surface area contributed by atoms with E-state index in [1.54, 1.807) is 0 Å². The normalized spacial score (nSPS) is 21.0. The zero-order valence-corrected chi connectivity index (χ0v) is 13.3. The molecule has 0 aliphatic heterocycles. The molecule has 0 radical (unpaired) electrons. The Hall–Kier alpha value is -0.520. The Morgan fingerprint density at radius 1 is 1.11 bits per heavy atom. The van der Waals surface area contributed by atoms with E-state index < -0.39 is 0 Å². The molecule has 0 bridgehead atoms. The molecular formula is C18H32. The first kappa shape index (κ1) is 15.5. The van der Waals surface area contributed by atoms with E-state index in [-0.39, 0.29) is 0 Å². The third-order valence-corrected chi connectivity index (χ3v) is 4.39. The maximum atomic E-state index is 2.46. The Kier molecular flexibility index (Phi) is 5.25. The zero-order chi connectivity index (χ0) is 13.8. The monoisotopic (exact) mass is 248 g/mol. The molecule has 1 aliphatic rings. The van der Waals surface area contributed by atoms with Gasteiger partial charge in [0.1, 0.15) is 0 Å². The quantitative estimate of drug-likeness (QED) is 0.512. The molecule has 0 heterocycles. The average molecular weight is 248 g/mol. The van der Waals surface area contributed by atoms with Gasteiger partial charge in [-0.3, -0.25) is 0 Å². The molecule has 18 heavy (non-hydrogen) atoms. The van der Waals surface area contributed by atoms with E-state index >= 15 is 0 Å². The second-order valence-corrected chi connectivity index (χ2v) is 7.56. The van der Waals surface area contributed by atoms with Gasteiger partial charge in [0.15, 0.2) is 0 Å². The lowest BCUT2D eigenvalue weighted by molar-refractivity contribution is 0.228. The predicted octanol–water partition coefficient (Wildman–Crippen LogP) is 6.14. The Balaban J connectivity index is 2.57. The SMILES string of the molecule is CCCCCC(C)(C)C1C=CC(C(C)(C)C)=CC1. The number of unbranched alkanes of at least 4 members (excludes halogenated alkanes) is 2. The fraction of sp³-hybridized carbons (Fsp3) is 0.778. The standard InChI is InChI=1S/C18H32/c1-7-8-9-14-18(5,6)16-12-10-15(11-13-16)17(2,3)4/h10-12,16H,7-9,13-14H2,1-6H3. The van der Waals surface area contributed by atoms with Crippen molar-refractivity contribution in [1.82, 2.24) is 0 Å². The van der Waals surface area contributed by atoms with Gasteiger partial charge in [-0.05, 0) is 35.2 Å². The molecule has 104 valence electrons. The predicted molar refractivity (Wildman–Crippen MR) is 82.7 cm³/mol. The maximum Gasteiger partial charge on any atom is -0.0135 e. The minimum atomic E-state index is 0.299. The molecule has 0 N–H and O–H groups in total. The fourth-order valence-corrected chi connectivity index (χ4v) is 2.77. The van der Waals surface area contributed by atoms with Gasteiger partial charge in [-0.1, -0.05) is 79.0 Å². The van der Waals surface area contributed by atoms with E-state index in [9.17, 15) is 0 Å². The highest BCUT2D eigenvalue weighted by Crippen LogP contribution is 2.40. The molecule has 1 unspecified atom stereocenters. The average Bonchev–Trinajstić information content (AvgIpc) is 2.28. The van der Waals surface area contributed by atoms with Crippen LogP contribution in [-0.4, -0.2) is 0 Å². The molecular weight excluding hydrogens is 216 g/mol. The summed E-state index contributed by atoms with van der Waals surface area (Å²) < 4.78 is 0. The molecule has 0 aromatic carbocycles. The van der Waals surface area contributed by atoms with Crippen LogP contribution < -0.4 is 0 Å². The van der Waals surface area contributed by atoms with Gasteiger partial charge in [-0.25, -0.2) is 0 Å². The third kappa shape index (κ3) is 4.30. The molecule has 0 amide bonds. The highest BCUT2D eigenvalue weighted by atomic mass is 14.3. The molecule has 0 aromatic rings. The smallest absolute Gasteiger partial charge is 0.0135 e. The van der Waals surface area contributed by atoms with Gasteiger partial charge in [0.05, 0.1) is 0 Å². The number of allylic oxidation sites excluding steroid dienone is 4. The van der Waals surface area contributed by atoms with Crippen LogP contribution in [-0.2, 0) is 0 Å². The van der Waals surface area contributed by atoms with Crippen molar-refractivity contribution in [2.45, 2.75) is 73.6 Å². The molecule has 0 heteroatoms. The highest BCUT2D eigenvalue weighted by molar-refractivity contribution is 5.29. The van der Waals surface area contributed by atoms with E-state index in [2.05, 4.69) is 59.8 Å². The maximum absolute atomic E-state index is 2.46. The van der Waals surface area contributed by atoms with E-state index in [4.69, 9.17) is 0 Å².